The third kappa shape index (κ3) is 4.46. The van der Waals surface area contributed by atoms with Crippen LogP contribution < -0.4 is 19.7 Å². The lowest BCUT2D eigenvalue weighted by atomic mass is 10.0. The Morgan fingerprint density at radius 1 is 0.788 bits per heavy atom. The van der Waals surface area contributed by atoms with Gasteiger partial charge in [-0.15, -0.1) is 0 Å². The minimum atomic E-state index is -0.409. The average Bonchev–Trinajstić information content (AvgIpc) is 3.09. The van der Waals surface area contributed by atoms with Crippen LogP contribution in [0.1, 0.15) is 25.0 Å². The molecule has 1 aliphatic rings. The predicted molar refractivity (Wildman–Crippen MR) is 129 cm³/mol. The molecular weight excluding hydrogens is 416 g/mol. The van der Waals surface area contributed by atoms with Gasteiger partial charge in [-0.05, 0) is 73.0 Å². The number of rotatable bonds is 8. The van der Waals surface area contributed by atoms with Gasteiger partial charge in [0.15, 0.2) is 0 Å². The van der Waals surface area contributed by atoms with E-state index in [1.54, 1.807) is 55.6 Å². The molecule has 33 heavy (non-hydrogen) atoms. The van der Waals surface area contributed by atoms with Crippen LogP contribution in [-0.4, -0.2) is 25.5 Å². The van der Waals surface area contributed by atoms with Crippen LogP contribution in [0.25, 0.3) is 5.57 Å². The molecule has 0 saturated heterocycles. The van der Waals surface area contributed by atoms with E-state index in [1.807, 2.05) is 31.2 Å². The number of anilines is 2. The first-order chi connectivity index (χ1) is 16.0. The SMILES string of the molecule is CCOc1ccc(C2=C(Nc3ccc(CC)cc3)C(=O)N(c3ccc(OC)cc3)C2=O)cc1. The second kappa shape index (κ2) is 9.61. The smallest absolute Gasteiger partial charge is 0.282 e. The normalized spacial score (nSPS) is 13.5. The number of carbonyl (C=O) groups excluding carboxylic acids is 2. The lowest BCUT2D eigenvalue weighted by Gasteiger charge is -2.16. The van der Waals surface area contributed by atoms with E-state index < -0.39 is 5.91 Å². The summed E-state index contributed by atoms with van der Waals surface area (Å²) in [7, 11) is 1.57. The highest BCUT2D eigenvalue weighted by molar-refractivity contribution is 6.46. The van der Waals surface area contributed by atoms with Gasteiger partial charge in [0.1, 0.15) is 17.2 Å². The van der Waals surface area contributed by atoms with Gasteiger partial charge in [0.2, 0.25) is 0 Å². The van der Waals surface area contributed by atoms with Crippen LogP contribution in [-0.2, 0) is 16.0 Å². The highest BCUT2D eigenvalue weighted by atomic mass is 16.5. The average molecular weight is 443 g/mol. The van der Waals surface area contributed by atoms with E-state index in [0.717, 1.165) is 12.1 Å². The minimum absolute atomic E-state index is 0.240. The number of methoxy groups -OCH3 is 1. The first-order valence-electron chi connectivity index (χ1n) is 10.9. The van der Waals surface area contributed by atoms with E-state index >= 15 is 0 Å². The molecule has 0 radical (unpaired) electrons. The maximum Gasteiger partial charge on any atom is 0.282 e. The summed E-state index contributed by atoms with van der Waals surface area (Å²) in [5.41, 5.74) is 3.61. The topological polar surface area (TPSA) is 67.9 Å². The maximum atomic E-state index is 13.5. The summed E-state index contributed by atoms with van der Waals surface area (Å²) in [6, 6.07) is 21.9. The minimum Gasteiger partial charge on any atom is -0.497 e. The number of aryl methyl sites for hydroxylation is 1. The summed E-state index contributed by atoms with van der Waals surface area (Å²) in [6.07, 6.45) is 0.920. The first kappa shape index (κ1) is 22.1. The molecule has 0 bridgehead atoms. The zero-order chi connectivity index (χ0) is 23.4. The van der Waals surface area contributed by atoms with Crippen molar-refractivity contribution < 1.29 is 19.1 Å². The maximum absolute atomic E-state index is 13.5. The Hall–Kier alpha value is -4.06. The Morgan fingerprint density at radius 3 is 2.00 bits per heavy atom. The fraction of sp³-hybridized carbons (Fsp3) is 0.185. The molecule has 0 aromatic heterocycles. The molecule has 168 valence electrons. The van der Waals surface area contributed by atoms with Crippen molar-refractivity contribution in [1.29, 1.82) is 0 Å². The van der Waals surface area contributed by atoms with E-state index in [9.17, 15) is 9.59 Å². The Kier molecular flexibility index (Phi) is 6.45. The van der Waals surface area contributed by atoms with Crippen molar-refractivity contribution in [2.45, 2.75) is 20.3 Å². The quantitative estimate of drug-likeness (QED) is 0.494. The molecule has 0 spiro atoms. The van der Waals surface area contributed by atoms with E-state index in [1.165, 1.54) is 10.5 Å². The van der Waals surface area contributed by atoms with Gasteiger partial charge in [0.05, 0.1) is 25.0 Å². The van der Waals surface area contributed by atoms with Gasteiger partial charge in [-0.3, -0.25) is 9.59 Å². The molecule has 0 aliphatic carbocycles. The van der Waals surface area contributed by atoms with Crippen molar-refractivity contribution in [2.75, 3.05) is 23.9 Å². The standard InChI is InChI=1S/C27H26N2O4/c1-4-18-6-10-20(11-7-18)28-25-24(19-8-14-23(15-9-19)33-5-2)26(30)29(27(25)31)21-12-16-22(32-3)17-13-21/h6-17,28H,4-5H2,1-3H3. The van der Waals surface area contributed by atoms with Crippen molar-refractivity contribution >= 4 is 28.8 Å². The van der Waals surface area contributed by atoms with Crippen LogP contribution in [0.4, 0.5) is 11.4 Å². The Bertz CT molecular complexity index is 1180. The molecule has 1 N–H and O–H groups in total. The van der Waals surface area contributed by atoms with Gasteiger partial charge < -0.3 is 14.8 Å². The lowest BCUT2D eigenvalue weighted by molar-refractivity contribution is -0.120. The van der Waals surface area contributed by atoms with Crippen molar-refractivity contribution in [3.63, 3.8) is 0 Å². The van der Waals surface area contributed by atoms with E-state index in [2.05, 4.69) is 12.2 Å². The molecule has 0 fully saturated rings. The highest BCUT2D eigenvalue weighted by Crippen LogP contribution is 2.35. The number of ether oxygens (including phenoxy) is 2. The molecule has 2 amide bonds. The van der Waals surface area contributed by atoms with Gasteiger partial charge in [-0.1, -0.05) is 31.2 Å². The molecule has 6 nitrogen and oxygen atoms in total. The molecule has 4 rings (SSSR count). The number of nitrogens with one attached hydrogen (secondary N) is 1. The van der Waals surface area contributed by atoms with Crippen molar-refractivity contribution in [3.05, 3.63) is 89.6 Å². The van der Waals surface area contributed by atoms with E-state index in [4.69, 9.17) is 9.47 Å². The summed E-state index contributed by atoms with van der Waals surface area (Å²) in [4.78, 5) is 28.2. The number of benzene rings is 3. The zero-order valence-electron chi connectivity index (χ0n) is 18.9. The fourth-order valence-corrected chi connectivity index (χ4v) is 3.73. The molecule has 1 heterocycles. The fourth-order valence-electron chi connectivity index (χ4n) is 3.73. The summed E-state index contributed by atoms with van der Waals surface area (Å²) in [6.45, 7) is 4.54. The lowest BCUT2D eigenvalue weighted by Crippen LogP contribution is -2.32. The Balaban J connectivity index is 1.75. The molecule has 1 aliphatic heterocycles. The zero-order valence-corrected chi connectivity index (χ0v) is 18.9. The molecular formula is C27H26N2O4. The van der Waals surface area contributed by atoms with Crippen molar-refractivity contribution in [1.82, 2.24) is 0 Å². The van der Waals surface area contributed by atoms with Crippen LogP contribution in [0.2, 0.25) is 0 Å². The number of carbonyl (C=O) groups is 2. The molecule has 0 atom stereocenters. The monoisotopic (exact) mass is 442 g/mol. The predicted octanol–water partition coefficient (Wildman–Crippen LogP) is 5.05. The highest BCUT2D eigenvalue weighted by Gasteiger charge is 2.40. The van der Waals surface area contributed by atoms with Crippen LogP contribution >= 0.6 is 0 Å². The van der Waals surface area contributed by atoms with Crippen LogP contribution in [0.15, 0.2) is 78.5 Å². The Labute approximate surface area is 193 Å². The number of amides is 2. The largest absolute Gasteiger partial charge is 0.497 e. The van der Waals surface area contributed by atoms with Crippen LogP contribution in [0.3, 0.4) is 0 Å². The van der Waals surface area contributed by atoms with Gasteiger partial charge in [0, 0.05) is 5.69 Å². The van der Waals surface area contributed by atoms with Crippen molar-refractivity contribution in [3.8, 4) is 11.5 Å². The third-order valence-corrected chi connectivity index (χ3v) is 5.50. The molecule has 3 aromatic rings. The first-order valence-corrected chi connectivity index (χ1v) is 10.9. The van der Waals surface area contributed by atoms with Gasteiger partial charge in [0.25, 0.3) is 11.8 Å². The molecule has 6 heteroatoms. The number of hydrogen-bond donors (Lipinski definition) is 1. The van der Waals surface area contributed by atoms with Gasteiger partial charge >= 0.3 is 0 Å². The summed E-state index contributed by atoms with van der Waals surface area (Å²) < 4.78 is 10.7. The van der Waals surface area contributed by atoms with Gasteiger partial charge in [-0.25, -0.2) is 4.90 Å². The van der Waals surface area contributed by atoms with Crippen LogP contribution in [0.5, 0.6) is 11.5 Å². The van der Waals surface area contributed by atoms with E-state index in [-0.39, 0.29) is 11.6 Å². The number of hydrogen-bond acceptors (Lipinski definition) is 5. The number of nitrogens with zero attached hydrogens (tertiary/aromatic N) is 1. The second-order valence-electron chi connectivity index (χ2n) is 7.53. The van der Waals surface area contributed by atoms with Crippen molar-refractivity contribution in [2.24, 2.45) is 0 Å². The third-order valence-electron chi connectivity index (χ3n) is 5.50. The number of imide groups is 1. The van der Waals surface area contributed by atoms with Gasteiger partial charge in [-0.2, -0.15) is 0 Å². The van der Waals surface area contributed by atoms with E-state index in [0.29, 0.717) is 34.9 Å². The molecule has 3 aromatic carbocycles. The Morgan fingerprint density at radius 2 is 1.42 bits per heavy atom. The summed E-state index contributed by atoms with van der Waals surface area (Å²) >= 11 is 0. The van der Waals surface area contributed by atoms with Crippen LogP contribution in [0, 0.1) is 0 Å². The summed E-state index contributed by atoms with van der Waals surface area (Å²) in [5, 5.41) is 3.19. The second-order valence-corrected chi connectivity index (χ2v) is 7.53. The molecule has 0 unspecified atom stereocenters. The summed E-state index contributed by atoms with van der Waals surface area (Å²) in [5.74, 6) is 0.554. The molecule has 0 saturated carbocycles.